The first-order valence-corrected chi connectivity index (χ1v) is 9.90. The summed E-state index contributed by atoms with van der Waals surface area (Å²) in [6.07, 6.45) is 0. The van der Waals surface area contributed by atoms with Crippen LogP contribution in [-0.4, -0.2) is 53.3 Å². The zero-order chi connectivity index (χ0) is 19.6. The van der Waals surface area contributed by atoms with E-state index in [1.807, 2.05) is 26.0 Å². The summed E-state index contributed by atoms with van der Waals surface area (Å²) in [4.78, 5) is 17.3. The lowest BCUT2D eigenvalue weighted by atomic mass is 10.2. The number of benzene rings is 1. The summed E-state index contributed by atoms with van der Waals surface area (Å²) in [5.41, 5.74) is 3.23. The van der Waals surface area contributed by atoms with Crippen molar-refractivity contribution in [2.45, 2.75) is 27.3 Å². The molecule has 1 amide bonds. The number of hydrogen-bond acceptors (Lipinski definition) is 4. The van der Waals surface area contributed by atoms with Gasteiger partial charge in [0.05, 0.1) is 27.8 Å². The highest BCUT2D eigenvalue weighted by atomic mass is 35.5. The first-order valence-electron chi connectivity index (χ1n) is 9.15. The van der Waals surface area contributed by atoms with Gasteiger partial charge < -0.3 is 15.1 Å². The number of hydrogen-bond donors (Lipinski definition) is 1. The predicted molar refractivity (Wildman–Crippen MR) is 111 cm³/mol. The molecule has 2 aromatic rings. The van der Waals surface area contributed by atoms with Crippen molar-refractivity contribution < 1.29 is 4.79 Å². The SMILES string of the molecule is CCN1CCN(c2ccc(Cl)cc2NC(=O)Cn2nc(C)c(Cl)c2C)CC1. The Balaban J connectivity index is 1.75. The molecule has 0 atom stereocenters. The van der Waals surface area contributed by atoms with E-state index in [0.717, 1.165) is 55.5 Å². The van der Waals surface area contributed by atoms with Crippen LogP contribution in [0.3, 0.4) is 0 Å². The van der Waals surface area contributed by atoms with Crippen molar-refractivity contribution in [3.05, 3.63) is 39.6 Å². The number of aryl methyl sites for hydroxylation is 1. The van der Waals surface area contributed by atoms with Crippen molar-refractivity contribution in [1.29, 1.82) is 0 Å². The van der Waals surface area contributed by atoms with Crippen LogP contribution >= 0.6 is 23.2 Å². The van der Waals surface area contributed by atoms with E-state index in [0.29, 0.717) is 10.0 Å². The Morgan fingerprint density at radius 1 is 1.19 bits per heavy atom. The van der Waals surface area contributed by atoms with E-state index in [9.17, 15) is 4.79 Å². The van der Waals surface area contributed by atoms with E-state index < -0.39 is 0 Å². The third-order valence-electron chi connectivity index (χ3n) is 4.98. The summed E-state index contributed by atoms with van der Waals surface area (Å²) in [6, 6.07) is 5.63. The first-order chi connectivity index (χ1) is 12.9. The number of carbonyl (C=O) groups is 1. The van der Waals surface area contributed by atoms with Gasteiger partial charge in [0.2, 0.25) is 5.91 Å². The third kappa shape index (κ3) is 4.57. The van der Waals surface area contributed by atoms with E-state index >= 15 is 0 Å². The quantitative estimate of drug-likeness (QED) is 0.819. The number of nitrogens with zero attached hydrogens (tertiary/aromatic N) is 4. The van der Waals surface area contributed by atoms with Gasteiger partial charge in [-0.3, -0.25) is 9.48 Å². The first kappa shape index (κ1) is 20.0. The molecule has 1 aromatic heterocycles. The number of aromatic nitrogens is 2. The molecule has 6 nitrogen and oxygen atoms in total. The molecule has 1 N–H and O–H groups in total. The molecular weight excluding hydrogens is 385 g/mol. The van der Waals surface area contributed by atoms with Gasteiger partial charge in [-0.1, -0.05) is 30.1 Å². The largest absolute Gasteiger partial charge is 0.367 e. The standard InChI is InChI=1S/C19H25Cl2N5O/c1-4-24-7-9-25(10-8-24)17-6-5-15(20)11-16(17)22-18(27)12-26-14(3)19(21)13(2)23-26/h5-6,11H,4,7-10,12H2,1-3H3,(H,22,27). The second kappa shape index (κ2) is 8.50. The van der Waals surface area contributed by atoms with Crippen LogP contribution in [0.2, 0.25) is 10.0 Å². The number of carbonyl (C=O) groups excluding carboxylic acids is 1. The van der Waals surface area contributed by atoms with Gasteiger partial charge in [-0.25, -0.2) is 0 Å². The molecule has 0 unspecified atom stereocenters. The predicted octanol–water partition coefficient (Wildman–Crippen LogP) is 3.59. The number of halogens is 2. The molecule has 0 spiro atoms. The Kier molecular flexibility index (Phi) is 6.29. The molecule has 1 fully saturated rings. The molecule has 0 aliphatic carbocycles. The highest BCUT2D eigenvalue weighted by Gasteiger charge is 2.20. The van der Waals surface area contributed by atoms with Crippen LogP contribution < -0.4 is 10.2 Å². The van der Waals surface area contributed by atoms with Crippen molar-refractivity contribution in [3.8, 4) is 0 Å². The number of anilines is 2. The molecule has 0 bridgehead atoms. The minimum Gasteiger partial charge on any atom is -0.367 e. The van der Waals surface area contributed by atoms with E-state index in [2.05, 4.69) is 27.1 Å². The van der Waals surface area contributed by atoms with E-state index in [1.165, 1.54) is 0 Å². The molecule has 1 aromatic carbocycles. The Hall–Kier alpha value is -1.76. The van der Waals surface area contributed by atoms with E-state index in [1.54, 1.807) is 10.7 Å². The van der Waals surface area contributed by atoms with Crippen molar-refractivity contribution in [1.82, 2.24) is 14.7 Å². The van der Waals surface area contributed by atoms with Crippen LogP contribution in [0.4, 0.5) is 11.4 Å². The Morgan fingerprint density at radius 3 is 2.48 bits per heavy atom. The zero-order valence-electron chi connectivity index (χ0n) is 15.9. The summed E-state index contributed by atoms with van der Waals surface area (Å²) in [5.74, 6) is -0.159. The van der Waals surface area contributed by atoms with Gasteiger partial charge in [0, 0.05) is 31.2 Å². The fourth-order valence-corrected chi connectivity index (χ4v) is 3.65. The Labute approximate surface area is 170 Å². The van der Waals surface area contributed by atoms with Gasteiger partial charge >= 0.3 is 0 Å². The minimum atomic E-state index is -0.159. The van der Waals surface area contributed by atoms with Crippen molar-refractivity contribution in [2.24, 2.45) is 0 Å². The van der Waals surface area contributed by atoms with Gasteiger partial charge in [-0.15, -0.1) is 0 Å². The second-order valence-corrected chi connectivity index (χ2v) is 7.59. The fraction of sp³-hybridized carbons (Fsp3) is 0.474. The third-order valence-corrected chi connectivity index (χ3v) is 5.76. The van der Waals surface area contributed by atoms with Crippen LogP contribution in [0.15, 0.2) is 18.2 Å². The van der Waals surface area contributed by atoms with Crippen LogP contribution in [0.1, 0.15) is 18.3 Å². The summed E-state index contributed by atoms with van der Waals surface area (Å²) in [5, 5.41) is 8.51. The number of rotatable bonds is 5. The highest BCUT2D eigenvalue weighted by molar-refractivity contribution is 6.32. The number of amides is 1. The minimum absolute atomic E-state index is 0.106. The molecule has 0 saturated carbocycles. The zero-order valence-corrected chi connectivity index (χ0v) is 17.4. The van der Waals surface area contributed by atoms with E-state index in [-0.39, 0.29) is 12.5 Å². The topological polar surface area (TPSA) is 53.4 Å². The maximum atomic E-state index is 12.6. The Bertz CT molecular complexity index is 828. The summed E-state index contributed by atoms with van der Waals surface area (Å²) in [7, 11) is 0. The van der Waals surface area contributed by atoms with Crippen LogP contribution in [0.5, 0.6) is 0 Å². The van der Waals surface area contributed by atoms with Crippen LogP contribution in [0, 0.1) is 13.8 Å². The summed E-state index contributed by atoms with van der Waals surface area (Å²) in [6.45, 7) is 10.9. The molecule has 27 heavy (non-hydrogen) atoms. The van der Waals surface area contributed by atoms with Crippen molar-refractivity contribution >= 4 is 40.5 Å². The smallest absolute Gasteiger partial charge is 0.246 e. The van der Waals surface area contributed by atoms with Crippen molar-refractivity contribution in [3.63, 3.8) is 0 Å². The molecule has 0 radical (unpaired) electrons. The number of likely N-dealkylation sites (N-methyl/N-ethyl adjacent to an activating group) is 1. The second-order valence-electron chi connectivity index (χ2n) is 6.77. The molecule has 2 heterocycles. The lowest BCUT2D eigenvalue weighted by Crippen LogP contribution is -2.46. The molecule has 1 aliphatic rings. The lowest BCUT2D eigenvalue weighted by Gasteiger charge is -2.36. The summed E-state index contributed by atoms with van der Waals surface area (Å²) < 4.78 is 1.62. The molecule has 3 rings (SSSR count). The molecule has 1 saturated heterocycles. The van der Waals surface area contributed by atoms with Gasteiger partial charge in [0.1, 0.15) is 6.54 Å². The molecule has 146 valence electrons. The van der Waals surface area contributed by atoms with Crippen LogP contribution in [-0.2, 0) is 11.3 Å². The molecule has 1 aliphatic heterocycles. The van der Waals surface area contributed by atoms with Gasteiger partial charge in [0.15, 0.2) is 0 Å². The van der Waals surface area contributed by atoms with Crippen molar-refractivity contribution in [2.75, 3.05) is 42.9 Å². The maximum absolute atomic E-state index is 12.6. The van der Waals surface area contributed by atoms with Gasteiger partial charge in [-0.05, 0) is 38.6 Å². The molecular formula is C19H25Cl2N5O. The monoisotopic (exact) mass is 409 g/mol. The lowest BCUT2D eigenvalue weighted by molar-refractivity contribution is -0.116. The van der Waals surface area contributed by atoms with Gasteiger partial charge in [0.25, 0.3) is 0 Å². The van der Waals surface area contributed by atoms with E-state index in [4.69, 9.17) is 23.2 Å². The fourth-order valence-electron chi connectivity index (χ4n) is 3.34. The maximum Gasteiger partial charge on any atom is 0.246 e. The highest BCUT2D eigenvalue weighted by Crippen LogP contribution is 2.30. The normalized spacial score (nSPS) is 15.2. The molecule has 8 heteroatoms. The Morgan fingerprint density at radius 2 is 1.89 bits per heavy atom. The average Bonchev–Trinajstić information content (AvgIpc) is 2.89. The van der Waals surface area contributed by atoms with Crippen LogP contribution in [0.25, 0.3) is 0 Å². The summed E-state index contributed by atoms with van der Waals surface area (Å²) >= 11 is 12.4. The number of nitrogens with one attached hydrogen (secondary N) is 1. The number of piperazine rings is 1. The average molecular weight is 410 g/mol. The van der Waals surface area contributed by atoms with Gasteiger partial charge in [-0.2, -0.15) is 5.10 Å².